The lowest BCUT2D eigenvalue weighted by Gasteiger charge is -2.21. The number of hydrogen-bond donors (Lipinski definition) is 0. The Morgan fingerprint density at radius 3 is 2.72 bits per heavy atom. The summed E-state index contributed by atoms with van der Waals surface area (Å²) in [6, 6.07) is 7.33. The minimum atomic E-state index is -0.737. The summed E-state index contributed by atoms with van der Waals surface area (Å²) in [4.78, 5) is 27.0. The lowest BCUT2D eigenvalue weighted by Crippen LogP contribution is -2.40. The molecular formula is C17H22N4O4. The van der Waals surface area contributed by atoms with Gasteiger partial charge in [0.2, 0.25) is 0 Å². The fraction of sp³-hybridized carbons (Fsp3) is 0.529. The monoisotopic (exact) mass is 346 g/mol. The Morgan fingerprint density at radius 2 is 2.12 bits per heavy atom. The van der Waals surface area contributed by atoms with Crippen LogP contribution in [0.5, 0.6) is 0 Å². The molecule has 0 N–H and O–H groups in total. The van der Waals surface area contributed by atoms with Crippen LogP contribution in [0.2, 0.25) is 0 Å². The lowest BCUT2D eigenvalue weighted by molar-refractivity contribution is -0.486. The smallest absolute Gasteiger partial charge is 0.281 e. The molecule has 134 valence electrons. The normalized spacial score (nSPS) is 22.0. The second-order valence-electron chi connectivity index (χ2n) is 6.32. The van der Waals surface area contributed by atoms with Gasteiger partial charge in [-0.15, -0.1) is 0 Å². The molecule has 2 heterocycles. The summed E-state index contributed by atoms with van der Waals surface area (Å²) >= 11 is 0. The zero-order valence-corrected chi connectivity index (χ0v) is 14.3. The van der Waals surface area contributed by atoms with Crippen molar-refractivity contribution in [2.45, 2.75) is 19.8 Å². The SMILES string of the molecule is CCc1ccc(C(=O)N2CCN(CC3CCOC3)C2=N[N+](=O)[O-])cc1. The van der Waals surface area contributed by atoms with Gasteiger partial charge in [0.25, 0.3) is 11.9 Å². The standard InChI is InChI=1S/C17H22N4O4/c1-2-13-3-5-15(6-4-13)16(22)20-9-8-19(17(20)18-21(23)24)11-14-7-10-25-12-14/h3-6,14H,2,7-12H2,1H3. The molecule has 25 heavy (non-hydrogen) atoms. The van der Waals surface area contributed by atoms with Crippen LogP contribution >= 0.6 is 0 Å². The molecule has 0 bridgehead atoms. The first-order valence-corrected chi connectivity index (χ1v) is 8.55. The number of nitrogens with zero attached hydrogens (tertiary/aromatic N) is 4. The molecule has 8 nitrogen and oxygen atoms in total. The van der Waals surface area contributed by atoms with Gasteiger partial charge in [-0.1, -0.05) is 19.1 Å². The third-order valence-corrected chi connectivity index (χ3v) is 4.65. The number of nitro groups is 1. The molecule has 0 aliphatic carbocycles. The third kappa shape index (κ3) is 3.96. The largest absolute Gasteiger partial charge is 0.381 e. The minimum Gasteiger partial charge on any atom is -0.381 e. The van der Waals surface area contributed by atoms with Crippen LogP contribution in [0.4, 0.5) is 0 Å². The number of carbonyl (C=O) groups is 1. The summed E-state index contributed by atoms with van der Waals surface area (Å²) in [6.45, 7) is 4.97. The molecule has 8 heteroatoms. The fourth-order valence-electron chi connectivity index (χ4n) is 3.22. The molecule has 0 radical (unpaired) electrons. The first-order valence-electron chi connectivity index (χ1n) is 8.55. The van der Waals surface area contributed by atoms with Crippen LogP contribution in [0, 0.1) is 16.0 Å². The Morgan fingerprint density at radius 1 is 1.36 bits per heavy atom. The zero-order valence-electron chi connectivity index (χ0n) is 14.3. The van der Waals surface area contributed by atoms with Crippen molar-refractivity contribution >= 4 is 11.9 Å². The van der Waals surface area contributed by atoms with Gasteiger partial charge < -0.3 is 9.64 Å². The number of guanidine groups is 1. The first-order chi connectivity index (χ1) is 12.1. The minimum absolute atomic E-state index is 0.126. The predicted molar refractivity (Wildman–Crippen MR) is 91.8 cm³/mol. The summed E-state index contributed by atoms with van der Waals surface area (Å²) in [5, 5.41) is 13.7. The topological polar surface area (TPSA) is 88.3 Å². The van der Waals surface area contributed by atoms with Crippen molar-refractivity contribution < 1.29 is 14.6 Å². The highest BCUT2D eigenvalue weighted by Gasteiger charge is 2.36. The van der Waals surface area contributed by atoms with Crippen LogP contribution in [0.25, 0.3) is 0 Å². The van der Waals surface area contributed by atoms with Gasteiger partial charge in [0.15, 0.2) is 5.03 Å². The molecule has 2 fully saturated rings. The van der Waals surface area contributed by atoms with Crippen molar-refractivity contribution in [3.05, 3.63) is 45.5 Å². The van der Waals surface area contributed by atoms with Crippen molar-refractivity contribution in [1.29, 1.82) is 0 Å². The van der Waals surface area contributed by atoms with Gasteiger partial charge in [0, 0.05) is 37.7 Å². The van der Waals surface area contributed by atoms with E-state index in [0.29, 0.717) is 44.3 Å². The van der Waals surface area contributed by atoms with E-state index in [1.165, 1.54) is 4.90 Å². The summed E-state index contributed by atoms with van der Waals surface area (Å²) in [6.07, 6.45) is 1.82. The van der Waals surface area contributed by atoms with Gasteiger partial charge in [-0.2, -0.15) is 0 Å². The molecule has 2 saturated heterocycles. The zero-order chi connectivity index (χ0) is 17.8. The number of ether oxygens (including phenoxy) is 1. The van der Waals surface area contributed by atoms with E-state index in [0.717, 1.165) is 18.4 Å². The molecule has 0 aromatic heterocycles. The van der Waals surface area contributed by atoms with E-state index >= 15 is 0 Å². The molecular weight excluding hydrogens is 324 g/mol. The van der Waals surface area contributed by atoms with Crippen molar-refractivity contribution in [3.63, 3.8) is 0 Å². The maximum Gasteiger partial charge on any atom is 0.281 e. The highest BCUT2D eigenvalue weighted by molar-refractivity contribution is 6.06. The van der Waals surface area contributed by atoms with Gasteiger partial charge in [-0.25, -0.2) is 10.1 Å². The number of hydrogen-bond acceptors (Lipinski definition) is 4. The maximum atomic E-state index is 12.8. The summed E-state index contributed by atoms with van der Waals surface area (Å²) in [7, 11) is 0. The van der Waals surface area contributed by atoms with Gasteiger partial charge >= 0.3 is 0 Å². The number of amides is 1. The highest BCUT2D eigenvalue weighted by Crippen LogP contribution is 2.20. The van der Waals surface area contributed by atoms with Gasteiger partial charge in [0.1, 0.15) is 5.10 Å². The number of benzene rings is 1. The summed E-state index contributed by atoms with van der Waals surface area (Å²) in [5.41, 5.74) is 1.65. The molecule has 1 atom stereocenters. The second kappa shape index (κ2) is 7.60. The van der Waals surface area contributed by atoms with E-state index in [1.807, 2.05) is 24.0 Å². The van der Waals surface area contributed by atoms with Crippen molar-refractivity contribution in [1.82, 2.24) is 9.80 Å². The van der Waals surface area contributed by atoms with Crippen LogP contribution in [0.1, 0.15) is 29.3 Å². The average Bonchev–Trinajstić information content (AvgIpc) is 3.25. The van der Waals surface area contributed by atoms with E-state index in [-0.39, 0.29) is 11.9 Å². The summed E-state index contributed by atoms with van der Waals surface area (Å²) < 4.78 is 5.37. The summed E-state index contributed by atoms with van der Waals surface area (Å²) in [5.74, 6) is 0.186. The van der Waals surface area contributed by atoms with Crippen LogP contribution < -0.4 is 0 Å². The van der Waals surface area contributed by atoms with E-state index in [1.54, 1.807) is 12.1 Å². The van der Waals surface area contributed by atoms with Gasteiger partial charge in [0.05, 0.1) is 6.61 Å². The Balaban J connectivity index is 1.78. The van der Waals surface area contributed by atoms with Crippen LogP contribution in [0.3, 0.4) is 0 Å². The van der Waals surface area contributed by atoms with E-state index in [4.69, 9.17) is 4.74 Å². The Hall–Kier alpha value is -2.48. The number of carbonyl (C=O) groups excluding carboxylic acids is 1. The molecule has 2 aliphatic rings. The number of aryl methyl sites for hydroxylation is 1. The second-order valence-corrected chi connectivity index (χ2v) is 6.32. The van der Waals surface area contributed by atoms with Gasteiger partial charge in [-0.3, -0.25) is 9.69 Å². The fourth-order valence-corrected chi connectivity index (χ4v) is 3.22. The molecule has 1 amide bonds. The van der Waals surface area contributed by atoms with Gasteiger partial charge in [-0.05, 0) is 30.5 Å². The Labute approximate surface area is 146 Å². The molecule has 1 unspecified atom stereocenters. The predicted octanol–water partition coefficient (Wildman–Crippen LogP) is 1.59. The molecule has 2 aliphatic heterocycles. The van der Waals surface area contributed by atoms with Crippen molar-refractivity contribution in [2.75, 3.05) is 32.8 Å². The number of hydrazone groups is 1. The van der Waals surface area contributed by atoms with Crippen molar-refractivity contribution in [3.8, 4) is 0 Å². The highest BCUT2D eigenvalue weighted by atomic mass is 16.7. The molecule has 1 aromatic carbocycles. The molecule has 3 rings (SSSR count). The van der Waals surface area contributed by atoms with Crippen molar-refractivity contribution in [2.24, 2.45) is 11.0 Å². The van der Waals surface area contributed by atoms with E-state index < -0.39 is 5.03 Å². The third-order valence-electron chi connectivity index (χ3n) is 4.65. The van der Waals surface area contributed by atoms with Crippen LogP contribution in [-0.4, -0.2) is 59.5 Å². The lowest BCUT2D eigenvalue weighted by atomic mass is 10.1. The maximum absolute atomic E-state index is 12.8. The first kappa shape index (κ1) is 17.3. The average molecular weight is 346 g/mol. The van der Waals surface area contributed by atoms with Crippen LogP contribution in [-0.2, 0) is 11.2 Å². The van der Waals surface area contributed by atoms with E-state index in [2.05, 4.69) is 5.10 Å². The quantitative estimate of drug-likeness (QED) is 0.597. The molecule has 0 saturated carbocycles. The van der Waals surface area contributed by atoms with E-state index in [9.17, 15) is 14.9 Å². The Bertz CT molecular complexity index is 668. The number of rotatable bonds is 5. The molecule has 0 spiro atoms. The Kier molecular flexibility index (Phi) is 5.28. The van der Waals surface area contributed by atoms with Crippen LogP contribution in [0.15, 0.2) is 29.4 Å². The molecule has 1 aromatic rings.